The SMILES string of the molecule is CC(C)(C)[Si](C)(C)O[Si](C)(CCC[N+](C)(C)CCCS(=O)(=O)O)O[Si](C)(C)C(C)(C)C. The second kappa shape index (κ2) is 10.4. The van der Waals surface area contributed by atoms with E-state index in [0.29, 0.717) is 13.0 Å². The average Bonchev–Trinajstić information content (AvgIpc) is 2.40. The van der Waals surface area contributed by atoms with E-state index in [-0.39, 0.29) is 15.8 Å². The van der Waals surface area contributed by atoms with Crippen LogP contribution in [0.2, 0.25) is 48.9 Å². The summed E-state index contributed by atoms with van der Waals surface area (Å²) in [7, 11) is -6.04. The van der Waals surface area contributed by atoms with Gasteiger partial charge >= 0.3 is 8.56 Å². The van der Waals surface area contributed by atoms with Gasteiger partial charge in [-0.05, 0) is 55.3 Å². The zero-order chi connectivity index (χ0) is 25.2. The fourth-order valence-electron chi connectivity index (χ4n) is 3.12. The Morgan fingerprint density at radius 1 is 0.774 bits per heavy atom. The minimum atomic E-state index is -3.89. The lowest BCUT2D eigenvalue weighted by Crippen LogP contribution is -2.59. The predicted octanol–water partition coefficient (Wildman–Crippen LogP) is 5.85. The molecule has 0 saturated carbocycles. The lowest BCUT2D eigenvalue weighted by Gasteiger charge is -2.48. The Kier molecular flexibility index (Phi) is 10.5. The molecule has 0 unspecified atom stereocenters. The highest BCUT2D eigenvalue weighted by Crippen LogP contribution is 2.43. The van der Waals surface area contributed by atoms with Crippen LogP contribution in [0.15, 0.2) is 0 Å². The van der Waals surface area contributed by atoms with Gasteiger partial charge < -0.3 is 12.7 Å². The van der Waals surface area contributed by atoms with Gasteiger partial charge in [0.05, 0.1) is 32.9 Å². The van der Waals surface area contributed by atoms with Gasteiger partial charge in [0.25, 0.3) is 10.1 Å². The maximum Gasteiger partial charge on any atom is 0.314 e. The van der Waals surface area contributed by atoms with E-state index < -0.39 is 35.3 Å². The van der Waals surface area contributed by atoms with E-state index in [4.69, 9.17) is 12.8 Å². The molecule has 31 heavy (non-hydrogen) atoms. The van der Waals surface area contributed by atoms with Gasteiger partial charge in [0, 0.05) is 6.42 Å². The van der Waals surface area contributed by atoms with Crippen LogP contribution in [0.25, 0.3) is 0 Å². The molecule has 0 aromatic heterocycles. The molecular weight excluding hydrogens is 463 g/mol. The van der Waals surface area contributed by atoms with Crippen molar-refractivity contribution in [3.8, 4) is 0 Å². The monoisotopic (exact) mass is 514 g/mol. The minimum absolute atomic E-state index is 0.128. The molecule has 0 bridgehead atoms. The Morgan fingerprint density at radius 3 is 1.45 bits per heavy atom. The molecule has 10 heteroatoms. The molecule has 0 aromatic carbocycles. The fourth-order valence-corrected chi connectivity index (χ4v) is 16.9. The van der Waals surface area contributed by atoms with Crippen molar-refractivity contribution in [1.82, 2.24) is 0 Å². The van der Waals surface area contributed by atoms with Crippen LogP contribution in [0, 0.1) is 0 Å². The van der Waals surface area contributed by atoms with Crippen molar-refractivity contribution in [1.29, 1.82) is 0 Å². The molecule has 0 rings (SSSR count). The first-order chi connectivity index (χ1) is 13.3. The van der Waals surface area contributed by atoms with E-state index in [1.54, 1.807) is 0 Å². The molecule has 0 aliphatic rings. The van der Waals surface area contributed by atoms with Gasteiger partial charge in [-0.1, -0.05) is 41.5 Å². The van der Waals surface area contributed by atoms with Crippen molar-refractivity contribution in [2.24, 2.45) is 0 Å². The number of nitrogens with zero attached hydrogens (tertiary/aromatic N) is 1. The standard InChI is InChI=1S/C21H51NO5SSi3/c1-20(2,3)29(9,10)26-31(13,27-30(11,12)21(4,5)6)19-15-17-22(7,8)16-14-18-28(23,24)25/h14-19H2,1-13H3/p+1. The van der Waals surface area contributed by atoms with E-state index in [1.807, 2.05) is 0 Å². The molecule has 0 aliphatic heterocycles. The van der Waals surface area contributed by atoms with Crippen LogP contribution >= 0.6 is 0 Å². The Hall–Kier alpha value is 0.441. The smallest absolute Gasteiger partial charge is 0.314 e. The van der Waals surface area contributed by atoms with Crippen LogP contribution in [0.4, 0.5) is 0 Å². The molecule has 0 aromatic rings. The molecule has 0 aliphatic carbocycles. The number of rotatable bonds is 12. The molecule has 0 atom stereocenters. The lowest BCUT2D eigenvalue weighted by molar-refractivity contribution is -0.890. The van der Waals surface area contributed by atoms with E-state index >= 15 is 0 Å². The highest BCUT2D eigenvalue weighted by molar-refractivity contribution is 7.85. The maximum atomic E-state index is 11.0. The van der Waals surface area contributed by atoms with E-state index in [2.05, 4.69) is 88.4 Å². The second-order valence-electron chi connectivity index (χ2n) is 13.0. The first kappa shape index (κ1) is 31.4. The van der Waals surface area contributed by atoms with E-state index in [9.17, 15) is 8.42 Å². The molecular formula is C21H52NO5SSi3+. The van der Waals surface area contributed by atoms with Gasteiger partial charge in [-0.15, -0.1) is 0 Å². The highest BCUT2D eigenvalue weighted by atomic mass is 32.2. The quantitative estimate of drug-likeness (QED) is 0.201. The van der Waals surface area contributed by atoms with Crippen LogP contribution in [0.5, 0.6) is 0 Å². The molecule has 0 amide bonds. The summed E-state index contributed by atoms with van der Waals surface area (Å²) in [5.74, 6) is -0.176. The van der Waals surface area contributed by atoms with Crippen LogP contribution in [0.3, 0.4) is 0 Å². The largest absolute Gasteiger partial charge is 0.436 e. The first-order valence-electron chi connectivity index (χ1n) is 11.5. The number of hydrogen-bond acceptors (Lipinski definition) is 4. The summed E-state index contributed by atoms with van der Waals surface area (Å²) >= 11 is 0. The summed E-state index contributed by atoms with van der Waals surface area (Å²) < 4.78 is 45.8. The Morgan fingerprint density at radius 2 is 1.13 bits per heavy atom. The van der Waals surface area contributed by atoms with Crippen molar-refractivity contribution in [2.75, 3.05) is 32.9 Å². The predicted molar refractivity (Wildman–Crippen MR) is 140 cm³/mol. The molecule has 0 radical (unpaired) electrons. The van der Waals surface area contributed by atoms with Crippen LogP contribution in [-0.4, -0.2) is 75.6 Å². The lowest BCUT2D eigenvalue weighted by atomic mass is 10.2. The summed E-state index contributed by atoms with van der Waals surface area (Å²) in [5.41, 5.74) is 0. The minimum Gasteiger partial charge on any atom is -0.436 e. The summed E-state index contributed by atoms with van der Waals surface area (Å²) in [5, 5.41) is 0.256. The molecule has 0 spiro atoms. The second-order valence-corrected chi connectivity index (χ2v) is 28.0. The molecule has 1 N–H and O–H groups in total. The summed E-state index contributed by atoms with van der Waals surface area (Å²) in [6.07, 6.45) is 1.44. The molecule has 0 fully saturated rings. The van der Waals surface area contributed by atoms with Gasteiger partial charge in [-0.3, -0.25) is 4.55 Å². The van der Waals surface area contributed by atoms with Gasteiger partial charge in [0.15, 0.2) is 16.6 Å². The normalized spacial score (nSPS) is 15.4. The van der Waals surface area contributed by atoms with Crippen molar-refractivity contribution < 1.29 is 25.7 Å². The topological polar surface area (TPSA) is 72.8 Å². The summed E-state index contributed by atoms with van der Waals surface area (Å²) in [6, 6.07) is 0.937. The first-order valence-corrected chi connectivity index (χ1v) is 21.5. The Balaban J connectivity index is 5.41. The van der Waals surface area contributed by atoms with E-state index in [1.165, 1.54) is 0 Å². The van der Waals surface area contributed by atoms with Gasteiger partial charge in [-0.25, -0.2) is 0 Å². The molecule has 0 heterocycles. The average molecular weight is 515 g/mol. The van der Waals surface area contributed by atoms with E-state index in [0.717, 1.165) is 23.5 Å². The fraction of sp³-hybridized carbons (Fsp3) is 1.00. The van der Waals surface area contributed by atoms with Gasteiger partial charge in [-0.2, -0.15) is 8.42 Å². The van der Waals surface area contributed by atoms with Crippen molar-refractivity contribution in [3.63, 3.8) is 0 Å². The van der Waals surface area contributed by atoms with Crippen LogP contribution in [-0.2, 0) is 18.3 Å². The van der Waals surface area contributed by atoms with Gasteiger partial charge in [0.1, 0.15) is 0 Å². The molecule has 188 valence electrons. The Labute approximate surface area is 196 Å². The number of hydrogen-bond donors (Lipinski definition) is 1. The van der Waals surface area contributed by atoms with Crippen molar-refractivity contribution >= 4 is 35.3 Å². The van der Waals surface area contributed by atoms with Gasteiger partial charge in [0.2, 0.25) is 0 Å². The molecule has 6 nitrogen and oxygen atoms in total. The third-order valence-corrected chi connectivity index (χ3v) is 23.9. The summed E-state index contributed by atoms with van der Waals surface area (Å²) in [6.45, 7) is 26.8. The van der Waals surface area contributed by atoms with Crippen molar-refractivity contribution in [2.45, 2.75) is 103 Å². The maximum absolute atomic E-state index is 11.0. The zero-order valence-electron chi connectivity index (χ0n) is 22.7. The van der Waals surface area contributed by atoms with Crippen LogP contribution < -0.4 is 0 Å². The summed E-state index contributed by atoms with van der Waals surface area (Å²) in [4.78, 5) is 0. The van der Waals surface area contributed by atoms with Crippen LogP contribution in [0.1, 0.15) is 54.4 Å². The third kappa shape index (κ3) is 11.4. The number of quaternary nitrogens is 1. The zero-order valence-corrected chi connectivity index (χ0v) is 26.5. The highest BCUT2D eigenvalue weighted by Gasteiger charge is 2.50. The Bertz CT molecular complexity index is 652. The third-order valence-electron chi connectivity index (χ3n) is 7.11. The van der Waals surface area contributed by atoms with Crippen molar-refractivity contribution in [3.05, 3.63) is 0 Å². The molecule has 0 saturated heterocycles.